The lowest BCUT2D eigenvalue weighted by molar-refractivity contribution is -0.117. The van der Waals surface area contributed by atoms with Gasteiger partial charge in [0.1, 0.15) is 11.6 Å². The normalized spacial score (nSPS) is 11.1. The van der Waals surface area contributed by atoms with Crippen molar-refractivity contribution < 1.29 is 9.53 Å². The number of para-hydroxylation sites is 1. The molecule has 6 nitrogen and oxygen atoms in total. The minimum atomic E-state index is -0.423. The van der Waals surface area contributed by atoms with E-state index in [1.165, 1.54) is 0 Å². The molecule has 0 atom stereocenters. The highest BCUT2D eigenvalue weighted by Crippen LogP contribution is 2.24. The lowest BCUT2D eigenvalue weighted by atomic mass is 10.1. The average molecular weight is 384 g/mol. The van der Waals surface area contributed by atoms with Crippen LogP contribution in [0.3, 0.4) is 0 Å². The van der Waals surface area contributed by atoms with E-state index in [0.717, 1.165) is 22.0 Å². The van der Waals surface area contributed by atoms with Crippen LogP contribution in [0.2, 0.25) is 0 Å². The minimum Gasteiger partial charge on any atom is -0.383 e. The van der Waals surface area contributed by atoms with Gasteiger partial charge in [-0.15, -0.1) is 0 Å². The number of ether oxygens (including phenoxy) is 1. The summed E-state index contributed by atoms with van der Waals surface area (Å²) in [5.41, 5.74) is 3.52. The van der Waals surface area contributed by atoms with Crippen LogP contribution in [0.4, 0.5) is 0 Å². The molecule has 0 radical (unpaired) electrons. The van der Waals surface area contributed by atoms with Gasteiger partial charge in [0, 0.05) is 42.9 Å². The molecule has 0 fully saturated rings. The molecular weight excluding hydrogens is 364 g/mol. The molecule has 3 rings (SSSR count). The summed E-state index contributed by atoms with van der Waals surface area (Å²) in [4.78, 5) is 12.3. The Morgan fingerprint density at radius 1 is 1.17 bits per heavy atom. The summed E-state index contributed by atoms with van der Waals surface area (Å²) >= 11 is 0. The Morgan fingerprint density at radius 3 is 2.62 bits per heavy atom. The summed E-state index contributed by atoms with van der Waals surface area (Å²) in [6.07, 6.45) is 3.54. The summed E-state index contributed by atoms with van der Waals surface area (Å²) in [5.74, 6) is -0.423. The maximum atomic E-state index is 12.3. The third-order valence-electron chi connectivity index (χ3n) is 4.51. The second-order valence-corrected chi connectivity index (χ2v) is 6.46. The number of nitrogens with one attached hydrogen (secondary N) is 1. The predicted molar refractivity (Wildman–Crippen MR) is 111 cm³/mol. The Hall–Kier alpha value is -3.87. The molecule has 0 aliphatic carbocycles. The summed E-state index contributed by atoms with van der Waals surface area (Å²) in [6, 6.07) is 19.4. The number of aromatic nitrogens is 1. The summed E-state index contributed by atoms with van der Waals surface area (Å²) in [5, 5.41) is 22.0. The molecule has 0 spiro atoms. The van der Waals surface area contributed by atoms with Crippen LogP contribution in [-0.2, 0) is 16.1 Å². The van der Waals surface area contributed by atoms with E-state index in [1.807, 2.05) is 48.7 Å². The molecule has 1 N–H and O–H groups in total. The number of benzene rings is 2. The second kappa shape index (κ2) is 9.36. The van der Waals surface area contributed by atoms with Gasteiger partial charge in [-0.1, -0.05) is 30.3 Å². The van der Waals surface area contributed by atoms with Crippen molar-refractivity contribution in [1.82, 2.24) is 9.88 Å². The fraction of sp³-hybridized carbons (Fsp3) is 0.174. The zero-order valence-corrected chi connectivity index (χ0v) is 16.1. The summed E-state index contributed by atoms with van der Waals surface area (Å²) in [7, 11) is 1.55. The highest BCUT2D eigenvalue weighted by Gasteiger charge is 2.12. The minimum absolute atomic E-state index is 0.0439. The van der Waals surface area contributed by atoms with E-state index < -0.39 is 5.91 Å². The molecule has 1 aromatic heterocycles. The highest BCUT2D eigenvalue weighted by molar-refractivity contribution is 6.04. The van der Waals surface area contributed by atoms with E-state index in [1.54, 1.807) is 25.3 Å². The number of nitrogens with zero attached hydrogens (tertiary/aromatic N) is 3. The van der Waals surface area contributed by atoms with Gasteiger partial charge < -0.3 is 14.6 Å². The van der Waals surface area contributed by atoms with Gasteiger partial charge in [0.05, 0.1) is 18.2 Å². The van der Waals surface area contributed by atoms with E-state index in [4.69, 9.17) is 10.00 Å². The number of hydrogen-bond donors (Lipinski definition) is 1. The first kappa shape index (κ1) is 19.9. The molecule has 29 heavy (non-hydrogen) atoms. The first-order valence-corrected chi connectivity index (χ1v) is 9.12. The highest BCUT2D eigenvalue weighted by atomic mass is 16.5. The molecule has 144 valence electrons. The fourth-order valence-electron chi connectivity index (χ4n) is 3.07. The van der Waals surface area contributed by atoms with Gasteiger partial charge in [-0.25, -0.2) is 0 Å². The Bertz CT molecular complexity index is 1130. The average Bonchev–Trinajstić information content (AvgIpc) is 3.10. The third-order valence-corrected chi connectivity index (χ3v) is 4.51. The van der Waals surface area contributed by atoms with E-state index in [2.05, 4.69) is 16.0 Å². The summed E-state index contributed by atoms with van der Waals surface area (Å²) < 4.78 is 6.99. The molecule has 1 heterocycles. The molecule has 6 heteroatoms. The zero-order valence-electron chi connectivity index (χ0n) is 16.1. The number of fused-ring (bicyclic) bond motifs is 1. The Kier molecular flexibility index (Phi) is 6.42. The Labute approximate surface area is 169 Å². The maximum absolute atomic E-state index is 12.3. The van der Waals surface area contributed by atoms with Gasteiger partial charge in [-0.2, -0.15) is 10.5 Å². The van der Waals surface area contributed by atoms with Crippen LogP contribution in [0.1, 0.15) is 16.7 Å². The molecule has 1 amide bonds. The van der Waals surface area contributed by atoms with Gasteiger partial charge >= 0.3 is 0 Å². The van der Waals surface area contributed by atoms with Gasteiger partial charge in [0.2, 0.25) is 0 Å². The van der Waals surface area contributed by atoms with Crippen LogP contribution in [0.25, 0.3) is 17.0 Å². The first-order valence-electron chi connectivity index (χ1n) is 9.12. The van der Waals surface area contributed by atoms with E-state index >= 15 is 0 Å². The number of rotatable bonds is 7. The molecule has 0 aliphatic heterocycles. The standard InChI is InChI=1S/C23H20N4O2/c1-29-11-10-26-23(28)19(14-25)12-20-16-27(22-5-3-2-4-21(20)22)15-18-8-6-17(13-24)7-9-18/h2-9,12,16H,10-11,15H2,1H3,(H,26,28). The third kappa shape index (κ3) is 4.70. The number of carbonyl (C=O) groups is 1. The fourth-order valence-corrected chi connectivity index (χ4v) is 3.07. The molecule has 0 saturated heterocycles. The topological polar surface area (TPSA) is 90.8 Å². The molecule has 0 saturated carbocycles. The first-order chi connectivity index (χ1) is 14.2. The monoisotopic (exact) mass is 384 g/mol. The van der Waals surface area contributed by atoms with E-state index in [-0.39, 0.29) is 5.57 Å². The quantitative estimate of drug-likeness (QED) is 0.385. The van der Waals surface area contributed by atoms with Crippen LogP contribution >= 0.6 is 0 Å². The van der Waals surface area contributed by atoms with Crippen LogP contribution in [0.5, 0.6) is 0 Å². The second-order valence-electron chi connectivity index (χ2n) is 6.46. The molecule has 3 aromatic rings. The lowest BCUT2D eigenvalue weighted by Gasteiger charge is -2.05. The zero-order chi connectivity index (χ0) is 20.6. The van der Waals surface area contributed by atoms with Gasteiger partial charge in [-0.05, 0) is 29.8 Å². The van der Waals surface area contributed by atoms with Gasteiger partial charge in [0.15, 0.2) is 0 Å². The van der Waals surface area contributed by atoms with Crippen molar-refractivity contribution in [1.29, 1.82) is 10.5 Å². The molecule has 2 aromatic carbocycles. The van der Waals surface area contributed by atoms with Crippen LogP contribution in [-0.4, -0.2) is 30.7 Å². The Morgan fingerprint density at radius 2 is 1.93 bits per heavy atom. The molecule has 0 aliphatic rings. The molecule has 0 unspecified atom stereocenters. The number of hydrogen-bond acceptors (Lipinski definition) is 4. The number of carbonyl (C=O) groups excluding carboxylic acids is 1. The van der Waals surface area contributed by atoms with Crippen molar-refractivity contribution in [2.75, 3.05) is 20.3 Å². The number of methoxy groups -OCH3 is 1. The predicted octanol–water partition coefficient (Wildman–Crippen LogP) is 3.23. The number of nitriles is 2. The molecule has 0 bridgehead atoms. The van der Waals surface area contributed by atoms with E-state index in [0.29, 0.717) is 25.3 Å². The van der Waals surface area contributed by atoms with Crippen LogP contribution in [0, 0.1) is 22.7 Å². The van der Waals surface area contributed by atoms with Crippen molar-refractivity contribution in [2.24, 2.45) is 0 Å². The van der Waals surface area contributed by atoms with Gasteiger partial charge in [-0.3, -0.25) is 4.79 Å². The van der Waals surface area contributed by atoms with Gasteiger partial charge in [0.25, 0.3) is 5.91 Å². The maximum Gasteiger partial charge on any atom is 0.262 e. The largest absolute Gasteiger partial charge is 0.383 e. The smallest absolute Gasteiger partial charge is 0.262 e. The van der Waals surface area contributed by atoms with E-state index in [9.17, 15) is 10.1 Å². The van der Waals surface area contributed by atoms with Crippen LogP contribution < -0.4 is 5.32 Å². The van der Waals surface area contributed by atoms with Crippen molar-refractivity contribution in [3.8, 4) is 12.1 Å². The lowest BCUT2D eigenvalue weighted by Crippen LogP contribution is -2.27. The Balaban J connectivity index is 1.93. The van der Waals surface area contributed by atoms with Crippen molar-refractivity contribution >= 4 is 22.9 Å². The summed E-state index contributed by atoms with van der Waals surface area (Å²) in [6.45, 7) is 1.34. The van der Waals surface area contributed by atoms with Crippen molar-refractivity contribution in [3.05, 3.63) is 77.0 Å². The number of amides is 1. The van der Waals surface area contributed by atoms with Crippen molar-refractivity contribution in [2.45, 2.75) is 6.54 Å². The molecular formula is C23H20N4O2. The van der Waals surface area contributed by atoms with Crippen molar-refractivity contribution in [3.63, 3.8) is 0 Å². The SMILES string of the molecule is COCCNC(=O)C(C#N)=Cc1cn(Cc2ccc(C#N)cc2)c2ccccc12. The van der Waals surface area contributed by atoms with Crippen LogP contribution in [0.15, 0.2) is 60.3 Å².